The normalized spacial score (nSPS) is 11.2. The van der Waals surface area contributed by atoms with Crippen molar-refractivity contribution in [2.45, 2.75) is 51.8 Å². The van der Waals surface area contributed by atoms with Crippen LogP contribution < -0.4 is 8.61 Å². The number of rotatable bonds is 9. The third-order valence-electron chi connectivity index (χ3n) is 7.22. The van der Waals surface area contributed by atoms with Gasteiger partial charge in [-0.15, -0.1) is 24.0 Å². The Bertz CT molecular complexity index is 1960. The van der Waals surface area contributed by atoms with Gasteiger partial charge in [-0.2, -0.15) is 0 Å². The van der Waals surface area contributed by atoms with E-state index in [1.807, 2.05) is 34.6 Å². The van der Waals surface area contributed by atoms with Crippen LogP contribution in [0.4, 0.5) is 20.7 Å². The van der Waals surface area contributed by atoms with Crippen LogP contribution in [0.1, 0.15) is 62.0 Å². The number of hydrogen-bond acceptors (Lipinski definition) is 8. The maximum atomic E-state index is 13.2. The van der Waals surface area contributed by atoms with Crippen molar-refractivity contribution in [2.75, 3.05) is 35.2 Å². The first kappa shape index (κ1) is 46.7. The molecule has 0 aliphatic rings. The van der Waals surface area contributed by atoms with Gasteiger partial charge in [0.15, 0.2) is 0 Å². The molecule has 276 valence electrons. The van der Waals surface area contributed by atoms with E-state index in [0.29, 0.717) is 22.3 Å². The Kier molecular flexibility index (Phi) is 18.8. The zero-order chi connectivity index (χ0) is 37.4. The summed E-state index contributed by atoms with van der Waals surface area (Å²) in [6.45, 7) is 9.81. The van der Waals surface area contributed by atoms with E-state index < -0.39 is 20.0 Å². The number of alkyl halides is 1. The van der Waals surface area contributed by atoms with Gasteiger partial charge in [-0.1, -0.05) is 43.6 Å². The Morgan fingerprint density at radius 3 is 1.36 bits per heavy atom. The van der Waals surface area contributed by atoms with E-state index in [9.17, 15) is 25.6 Å². The summed E-state index contributed by atoms with van der Waals surface area (Å²) in [6, 6.07) is 11.9. The Morgan fingerprint density at radius 1 is 0.680 bits per heavy atom. The lowest BCUT2D eigenvalue weighted by atomic mass is 10.00. The lowest BCUT2D eigenvalue weighted by molar-refractivity contribution is 0.597. The number of halogens is 6. The highest BCUT2D eigenvalue weighted by Gasteiger charge is 2.23. The van der Waals surface area contributed by atoms with Gasteiger partial charge in [0.2, 0.25) is 31.9 Å². The fraction of sp³-hybridized carbons (Fsp3) is 0.375. The first-order chi connectivity index (χ1) is 22.8. The van der Waals surface area contributed by atoms with E-state index in [2.05, 4.69) is 73.1 Å². The Morgan fingerprint density at radius 2 is 1.02 bits per heavy atom. The highest BCUT2D eigenvalue weighted by Crippen LogP contribution is 2.32. The van der Waals surface area contributed by atoms with Crippen LogP contribution in [0, 0.1) is 18.6 Å². The van der Waals surface area contributed by atoms with Gasteiger partial charge in [-0.3, -0.25) is 0 Å². The maximum absolute atomic E-state index is 13.2. The largest absolute Gasteiger partial charge is 0.241 e. The molecule has 0 spiro atoms. The van der Waals surface area contributed by atoms with Gasteiger partial charge < -0.3 is 0 Å². The molecule has 0 unspecified atom stereocenters. The first-order valence-electron chi connectivity index (χ1n) is 14.6. The minimum absolute atomic E-state index is 0. The molecule has 4 aromatic rings. The monoisotopic (exact) mass is 1130 g/mol. The molecule has 0 N–H and O–H groups in total. The van der Waals surface area contributed by atoms with E-state index in [4.69, 9.17) is 0 Å². The summed E-state index contributed by atoms with van der Waals surface area (Å²) in [4.78, 5) is 17.7. The minimum atomic E-state index is -3.49. The molecule has 0 amide bonds. The van der Waals surface area contributed by atoms with E-state index in [1.54, 1.807) is 24.3 Å². The van der Waals surface area contributed by atoms with Gasteiger partial charge >= 0.3 is 0 Å². The molecule has 2 aromatic carbocycles. The first-order valence-corrected chi connectivity index (χ1v) is 25.8. The molecule has 0 saturated heterocycles. The van der Waals surface area contributed by atoms with Crippen molar-refractivity contribution in [3.8, 4) is 22.5 Å². The van der Waals surface area contributed by atoms with Crippen LogP contribution in [-0.2, 0) is 25.4 Å². The van der Waals surface area contributed by atoms with Gasteiger partial charge in [0.05, 0.1) is 35.3 Å². The molecule has 0 aliphatic carbocycles. The molecular formula is C32H40BrF2I3N6O4S2. The number of anilines is 2. The van der Waals surface area contributed by atoms with Crippen LogP contribution in [0.2, 0.25) is 0 Å². The second-order valence-corrected chi connectivity index (χ2v) is 16.1. The molecular weight excluding hydrogens is 1100 g/mol. The van der Waals surface area contributed by atoms with Crippen LogP contribution in [0.5, 0.6) is 0 Å². The number of hydrogen-bond donors (Lipinski definition) is 0. The van der Waals surface area contributed by atoms with E-state index in [1.165, 1.54) is 38.4 Å². The lowest BCUT2D eigenvalue weighted by Gasteiger charge is -2.20. The number of nitrogens with zero attached hydrogens (tertiary/aromatic N) is 6. The minimum Gasteiger partial charge on any atom is -0.241 e. The van der Waals surface area contributed by atoms with E-state index in [-0.39, 0.29) is 59.3 Å². The van der Waals surface area contributed by atoms with Crippen LogP contribution in [0.25, 0.3) is 22.5 Å². The second-order valence-electron chi connectivity index (χ2n) is 11.5. The molecule has 0 fully saturated rings. The number of sulfonamides is 2. The fourth-order valence-electron chi connectivity index (χ4n) is 4.50. The zero-order valence-electron chi connectivity index (χ0n) is 28.9. The Balaban J connectivity index is 0.000000468. The van der Waals surface area contributed by atoms with Crippen molar-refractivity contribution in [3.05, 3.63) is 82.7 Å². The van der Waals surface area contributed by atoms with Gasteiger partial charge in [0, 0.05) is 73.3 Å². The van der Waals surface area contributed by atoms with Crippen LogP contribution in [-0.4, -0.2) is 63.4 Å². The molecule has 0 atom stereocenters. The average Bonchev–Trinajstić information content (AvgIpc) is 3.04. The maximum Gasteiger partial charge on any atom is 0.239 e. The van der Waals surface area contributed by atoms with Crippen molar-refractivity contribution < 1.29 is 25.6 Å². The smallest absolute Gasteiger partial charge is 0.239 e. The van der Waals surface area contributed by atoms with Crippen LogP contribution >= 0.6 is 77.1 Å². The molecule has 18 heteroatoms. The summed E-state index contributed by atoms with van der Waals surface area (Å²) in [6.07, 6.45) is 2.20. The van der Waals surface area contributed by atoms with Crippen molar-refractivity contribution >= 4 is 109 Å². The van der Waals surface area contributed by atoms with E-state index >= 15 is 0 Å². The number of benzene rings is 2. The molecule has 2 heterocycles. The second kappa shape index (κ2) is 20.2. The van der Waals surface area contributed by atoms with Crippen molar-refractivity contribution in [3.63, 3.8) is 0 Å². The van der Waals surface area contributed by atoms with Crippen molar-refractivity contribution in [1.29, 1.82) is 0 Å². The van der Waals surface area contributed by atoms with Crippen LogP contribution in [0.15, 0.2) is 48.5 Å². The topological polar surface area (TPSA) is 126 Å². The van der Waals surface area contributed by atoms with Crippen molar-refractivity contribution in [2.24, 2.45) is 0 Å². The molecule has 2 aromatic heterocycles. The predicted octanol–water partition coefficient (Wildman–Crippen LogP) is 9.20. The van der Waals surface area contributed by atoms with Gasteiger partial charge in [-0.25, -0.2) is 54.2 Å². The highest BCUT2D eigenvalue weighted by atomic mass is 128. The highest BCUT2D eigenvalue weighted by molar-refractivity contribution is 15.0. The summed E-state index contributed by atoms with van der Waals surface area (Å²) in [7, 11) is -4.13. The molecule has 0 bridgehead atoms. The molecule has 4 rings (SSSR count). The molecule has 50 heavy (non-hydrogen) atoms. The summed E-state index contributed by atoms with van der Waals surface area (Å²) in [5.41, 5.74) is 5.87. The molecule has 10 nitrogen and oxygen atoms in total. The predicted molar refractivity (Wildman–Crippen MR) is 230 cm³/mol. The summed E-state index contributed by atoms with van der Waals surface area (Å²) >= 11 is 7.69. The third kappa shape index (κ3) is 12.4. The van der Waals surface area contributed by atoms with Gasteiger partial charge in [0.25, 0.3) is 0 Å². The molecule has 0 aliphatic heterocycles. The van der Waals surface area contributed by atoms with Gasteiger partial charge in [-0.05, 0) is 72.9 Å². The van der Waals surface area contributed by atoms with Crippen LogP contribution in [0.3, 0.4) is 0 Å². The third-order valence-corrected chi connectivity index (χ3v) is 10.1. The standard InChI is InChI=1S/C16H19BrFN3O2S.C16H20FN3O2S.I2.HI/c1-10(2)14-13(9-17)15(11-5-7-12(18)8-6-11)20-16(19-14)21(3)24(4,22)23;1-10(2)14-11(3)15(12-6-8-13(17)9-7-12)19-16(18-14)20(4)23(5,21)22;1-2;/h5-8,10H,9H2,1-4H3;6-10H,1-5H3;;1H. The van der Waals surface area contributed by atoms with Crippen molar-refractivity contribution in [1.82, 2.24) is 19.9 Å². The molecule has 0 saturated carbocycles. The van der Waals surface area contributed by atoms with Gasteiger partial charge in [0.1, 0.15) is 11.6 Å². The zero-order valence-corrected chi connectivity index (χ0v) is 38.8. The SMILES string of the molecule is CC(C)c1nc(N(C)S(C)(=O)=O)nc(-c2ccc(F)cc2)c1CBr.Cc1c(-c2ccc(F)cc2)nc(N(C)S(C)(=O)=O)nc1C(C)C.I.II. The summed E-state index contributed by atoms with van der Waals surface area (Å²) in [5, 5.41) is 0.510. The Hall–Kier alpha value is -1.37. The summed E-state index contributed by atoms with van der Waals surface area (Å²) < 4.78 is 75.7. The summed E-state index contributed by atoms with van der Waals surface area (Å²) in [5.74, 6) is -0.287. The lowest BCUT2D eigenvalue weighted by Crippen LogP contribution is -2.27. The van der Waals surface area contributed by atoms with E-state index in [0.717, 1.165) is 49.2 Å². The number of aromatic nitrogens is 4. The quantitative estimate of drug-likeness (QED) is 0.120. The Labute approximate surface area is 343 Å². The fourth-order valence-corrected chi connectivity index (χ4v) is 5.81. The molecule has 0 radical (unpaired) electrons. The average molecular weight is 1140 g/mol.